The summed E-state index contributed by atoms with van der Waals surface area (Å²) in [6.45, 7) is 3.24. The molecule has 20 heavy (non-hydrogen) atoms. The fourth-order valence-corrected chi connectivity index (χ4v) is 2.09. The highest BCUT2D eigenvalue weighted by atomic mass is 19.4. The number of carbonyl (C=O) groups excluding carboxylic acids is 1. The predicted octanol–water partition coefficient (Wildman–Crippen LogP) is 2.08. The molecule has 1 aliphatic rings. The van der Waals surface area contributed by atoms with Gasteiger partial charge in [-0.15, -0.1) is 0 Å². The molecule has 0 saturated carbocycles. The van der Waals surface area contributed by atoms with Crippen molar-refractivity contribution in [3.8, 4) is 0 Å². The van der Waals surface area contributed by atoms with E-state index < -0.39 is 36.6 Å². The molecule has 1 saturated heterocycles. The Kier molecular flexibility index (Phi) is 4.88. The second-order valence-electron chi connectivity index (χ2n) is 5.47. The van der Waals surface area contributed by atoms with Gasteiger partial charge in [-0.05, 0) is 18.8 Å². The van der Waals surface area contributed by atoms with Gasteiger partial charge in [0.2, 0.25) is 0 Å². The molecule has 0 aromatic rings. The average molecular weight is 296 g/mol. The molecule has 1 fully saturated rings. The molecule has 0 radical (unpaired) electrons. The van der Waals surface area contributed by atoms with Crippen LogP contribution in [0.1, 0.15) is 26.7 Å². The van der Waals surface area contributed by atoms with Crippen LogP contribution in [0.5, 0.6) is 0 Å². The summed E-state index contributed by atoms with van der Waals surface area (Å²) in [6, 6.07) is -0.641. The Hall–Kier alpha value is -1.47. The number of carbonyl (C=O) groups is 2. The predicted molar refractivity (Wildman–Crippen MR) is 65.2 cm³/mol. The lowest BCUT2D eigenvalue weighted by Crippen LogP contribution is -2.49. The number of hydrogen-bond donors (Lipinski definition) is 2. The van der Waals surface area contributed by atoms with Gasteiger partial charge in [-0.1, -0.05) is 13.8 Å². The van der Waals surface area contributed by atoms with E-state index in [0.29, 0.717) is 18.9 Å². The summed E-state index contributed by atoms with van der Waals surface area (Å²) in [5.74, 6) is -1.57. The smallest absolute Gasteiger partial charge is 0.406 e. The zero-order chi connectivity index (χ0) is 15.6. The highest BCUT2D eigenvalue weighted by molar-refractivity contribution is 5.80. The topological polar surface area (TPSA) is 69.6 Å². The SMILES string of the molecule is CC(C)CCNC(=O)N1CCC(C(=O)O)(C(F)(F)F)C1. The number of likely N-dealkylation sites (tertiary alicyclic amines) is 1. The van der Waals surface area contributed by atoms with Crippen molar-refractivity contribution >= 4 is 12.0 Å². The van der Waals surface area contributed by atoms with Crippen molar-refractivity contribution in [3.63, 3.8) is 0 Å². The summed E-state index contributed by atoms with van der Waals surface area (Å²) < 4.78 is 38.8. The van der Waals surface area contributed by atoms with E-state index in [0.717, 1.165) is 4.90 Å². The Balaban J connectivity index is 2.65. The molecule has 0 aliphatic carbocycles. The van der Waals surface area contributed by atoms with E-state index in [1.807, 2.05) is 13.8 Å². The molecule has 5 nitrogen and oxygen atoms in total. The fraction of sp³-hybridized carbons (Fsp3) is 0.833. The van der Waals surface area contributed by atoms with E-state index in [-0.39, 0.29) is 6.54 Å². The molecule has 1 rings (SSSR count). The Morgan fingerprint density at radius 1 is 1.40 bits per heavy atom. The van der Waals surface area contributed by atoms with Crippen molar-refractivity contribution < 1.29 is 27.9 Å². The molecule has 0 aromatic heterocycles. The summed E-state index contributed by atoms with van der Waals surface area (Å²) in [5, 5.41) is 11.4. The van der Waals surface area contributed by atoms with E-state index in [1.54, 1.807) is 0 Å². The number of hydrogen-bond acceptors (Lipinski definition) is 2. The van der Waals surface area contributed by atoms with Gasteiger partial charge < -0.3 is 15.3 Å². The van der Waals surface area contributed by atoms with Crippen molar-refractivity contribution in [2.24, 2.45) is 11.3 Å². The van der Waals surface area contributed by atoms with Crippen molar-refractivity contribution in [3.05, 3.63) is 0 Å². The number of amides is 2. The second kappa shape index (κ2) is 5.88. The monoisotopic (exact) mass is 296 g/mol. The van der Waals surface area contributed by atoms with Crippen LogP contribution >= 0.6 is 0 Å². The normalized spacial score (nSPS) is 23.2. The molecular weight excluding hydrogens is 277 g/mol. The molecular formula is C12H19F3N2O3. The maximum atomic E-state index is 12.9. The number of alkyl halides is 3. The average Bonchev–Trinajstić information content (AvgIpc) is 2.73. The second-order valence-corrected chi connectivity index (χ2v) is 5.47. The maximum Gasteiger partial charge on any atom is 0.406 e. The van der Waals surface area contributed by atoms with Gasteiger partial charge in [-0.2, -0.15) is 13.2 Å². The maximum absolute atomic E-state index is 12.9. The summed E-state index contributed by atoms with van der Waals surface area (Å²) in [5.41, 5.74) is -2.84. The first-order chi connectivity index (χ1) is 9.10. The summed E-state index contributed by atoms with van der Waals surface area (Å²) in [6.07, 6.45) is -4.77. The number of carboxylic acid groups (broad SMARTS) is 1. The van der Waals surface area contributed by atoms with Crippen molar-refractivity contribution in [2.45, 2.75) is 32.9 Å². The Morgan fingerprint density at radius 2 is 2.00 bits per heavy atom. The van der Waals surface area contributed by atoms with Crippen LogP contribution in [0, 0.1) is 11.3 Å². The largest absolute Gasteiger partial charge is 0.481 e. The quantitative estimate of drug-likeness (QED) is 0.834. The number of urea groups is 1. The van der Waals surface area contributed by atoms with Crippen LogP contribution in [-0.4, -0.2) is 47.8 Å². The molecule has 0 bridgehead atoms. The Morgan fingerprint density at radius 3 is 2.40 bits per heavy atom. The highest BCUT2D eigenvalue weighted by Gasteiger charge is 2.64. The van der Waals surface area contributed by atoms with Gasteiger partial charge in [0.15, 0.2) is 5.41 Å². The summed E-state index contributed by atoms with van der Waals surface area (Å²) in [4.78, 5) is 23.6. The fourth-order valence-electron chi connectivity index (χ4n) is 2.09. The molecule has 1 atom stereocenters. The van der Waals surface area contributed by atoms with E-state index in [2.05, 4.69) is 5.32 Å². The minimum atomic E-state index is -4.87. The van der Waals surface area contributed by atoms with E-state index in [9.17, 15) is 22.8 Å². The number of aliphatic carboxylic acids is 1. The van der Waals surface area contributed by atoms with E-state index in [4.69, 9.17) is 5.11 Å². The lowest BCUT2D eigenvalue weighted by Gasteiger charge is -2.27. The third-order valence-electron chi connectivity index (χ3n) is 3.51. The zero-order valence-corrected chi connectivity index (χ0v) is 11.5. The first-order valence-corrected chi connectivity index (χ1v) is 6.43. The van der Waals surface area contributed by atoms with Gasteiger partial charge >= 0.3 is 18.2 Å². The molecule has 1 unspecified atom stereocenters. The zero-order valence-electron chi connectivity index (χ0n) is 11.5. The molecule has 2 amide bonds. The van der Waals surface area contributed by atoms with Crippen LogP contribution in [0.25, 0.3) is 0 Å². The van der Waals surface area contributed by atoms with Crippen LogP contribution in [0.2, 0.25) is 0 Å². The van der Waals surface area contributed by atoms with Crippen molar-refractivity contribution in [1.29, 1.82) is 0 Å². The third kappa shape index (κ3) is 3.34. The van der Waals surface area contributed by atoms with Gasteiger partial charge in [0.25, 0.3) is 0 Å². The molecule has 8 heteroatoms. The number of nitrogens with one attached hydrogen (secondary N) is 1. The molecule has 116 valence electrons. The number of halogens is 3. The number of rotatable bonds is 4. The first kappa shape index (κ1) is 16.6. The van der Waals surface area contributed by atoms with Crippen LogP contribution < -0.4 is 5.32 Å². The standard InChI is InChI=1S/C12H19F3N2O3/c1-8(2)3-5-16-10(20)17-6-4-11(7-17,9(18)19)12(13,14)15/h8H,3-7H2,1-2H3,(H,16,20)(H,18,19). The highest BCUT2D eigenvalue weighted by Crippen LogP contribution is 2.45. The number of nitrogens with zero attached hydrogens (tertiary/aromatic N) is 1. The summed E-state index contributed by atoms with van der Waals surface area (Å²) in [7, 11) is 0. The Bertz CT molecular complexity index is 385. The Labute approximate surface area is 115 Å². The first-order valence-electron chi connectivity index (χ1n) is 6.43. The minimum Gasteiger partial charge on any atom is -0.481 e. The van der Waals surface area contributed by atoms with Gasteiger partial charge in [0.05, 0.1) is 0 Å². The van der Waals surface area contributed by atoms with Gasteiger partial charge in [-0.25, -0.2) is 4.79 Å². The van der Waals surface area contributed by atoms with Crippen LogP contribution in [-0.2, 0) is 4.79 Å². The van der Waals surface area contributed by atoms with Crippen LogP contribution in [0.4, 0.5) is 18.0 Å². The van der Waals surface area contributed by atoms with Gasteiger partial charge in [-0.3, -0.25) is 4.79 Å². The molecule has 0 spiro atoms. The molecule has 0 aromatic carbocycles. The lowest BCUT2D eigenvalue weighted by atomic mass is 9.86. The molecule has 1 heterocycles. The van der Waals surface area contributed by atoms with Crippen molar-refractivity contribution in [1.82, 2.24) is 10.2 Å². The number of carboxylic acids is 1. The summed E-state index contributed by atoms with van der Waals surface area (Å²) >= 11 is 0. The molecule has 1 aliphatic heterocycles. The van der Waals surface area contributed by atoms with E-state index in [1.165, 1.54) is 0 Å². The third-order valence-corrected chi connectivity index (χ3v) is 3.51. The van der Waals surface area contributed by atoms with Crippen molar-refractivity contribution in [2.75, 3.05) is 19.6 Å². The van der Waals surface area contributed by atoms with Gasteiger partial charge in [0, 0.05) is 19.6 Å². The lowest BCUT2D eigenvalue weighted by molar-refractivity contribution is -0.226. The van der Waals surface area contributed by atoms with E-state index >= 15 is 0 Å². The van der Waals surface area contributed by atoms with Crippen LogP contribution in [0.3, 0.4) is 0 Å². The minimum absolute atomic E-state index is 0.209. The molecule has 2 N–H and O–H groups in total. The van der Waals surface area contributed by atoms with Gasteiger partial charge in [0.1, 0.15) is 0 Å². The van der Waals surface area contributed by atoms with Crippen LogP contribution in [0.15, 0.2) is 0 Å².